The van der Waals surface area contributed by atoms with Crippen molar-refractivity contribution in [3.63, 3.8) is 0 Å². The van der Waals surface area contributed by atoms with Gasteiger partial charge in [0.2, 0.25) is 0 Å². The van der Waals surface area contributed by atoms with Gasteiger partial charge >= 0.3 is 0 Å². The molecule has 0 spiro atoms. The molecule has 1 saturated carbocycles. The zero-order chi connectivity index (χ0) is 12.1. The quantitative estimate of drug-likeness (QED) is 0.730. The second-order valence-electron chi connectivity index (χ2n) is 4.78. The first-order valence-corrected chi connectivity index (χ1v) is 7.34. The minimum absolute atomic E-state index is 0.252. The van der Waals surface area contributed by atoms with Crippen LogP contribution in [0.5, 0.6) is 5.75 Å². The van der Waals surface area contributed by atoms with Crippen molar-refractivity contribution in [1.82, 2.24) is 0 Å². The average Bonchev–Trinajstić information content (AvgIpc) is 2.85. The van der Waals surface area contributed by atoms with Gasteiger partial charge in [-0.2, -0.15) is 0 Å². The van der Waals surface area contributed by atoms with Gasteiger partial charge in [0.25, 0.3) is 0 Å². The summed E-state index contributed by atoms with van der Waals surface area (Å²) in [5, 5.41) is 1.92. The highest BCUT2D eigenvalue weighted by molar-refractivity contribution is 7.12. The standard InChI is InChI=1S/C14H20O2S/c1-16-13-9-10-17-14(13)12(15)8-7-11-5-3-2-4-6-11/h9-11H,2-8H2,1H3. The van der Waals surface area contributed by atoms with Crippen LogP contribution in [0.4, 0.5) is 0 Å². The summed E-state index contributed by atoms with van der Waals surface area (Å²) in [5.74, 6) is 1.77. The van der Waals surface area contributed by atoms with E-state index in [1.165, 1.54) is 43.4 Å². The van der Waals surface area contributed by atoms with Crippen molar-refractivity contribution in [2.75, 3.05) is 7.11 Å². The summed E-state index contributed by atoms with van der Waals surface area (Å²) in [6.45, 7) is 0. The van der Waals surface area contributed by atoms with E-state index >= 15 is 0 Å². The molecule has 2 nitrogen and oxygen atoms in total. The number of hydrogen-bond acceptors (Lipinski definition) is 3. The Bertz CT molecular complexity index is 364. The zero-order valence-corrected chi connectivity index (χ0v) is 11.2. The van der Waals surface area contributed by atoms with Crippen molar-refractivity contribution in [2.24, 2.45) is 5.92 Å². The Morgan fingerprint density at radius 2 is 2.18 bits per heavy atom. The molecular formula is C14H20O2S. The molecule has 2 rings (SSSR count). The molecule has 1 aromatic rings. The van der Waals surface area contributed by atoms with Gasteiger partial charge in [0, 0.05) is 6.42 Å². The van der Waals surface area contributed by atoms with E-state index in [9.17, 15) is 4.79 Å². The first-order chi connectivity index (χ1) is 8.31. The predicted molar refractivity (Wildman–Crippen MR) is 71.0 cm³/mol. The number of Topliss-reactive ketones (excluding diaryl/α,β-unsaturated/α-hetero) is 1. The van der Waals surface area contributed by atoms with Gasteiger partial charge in [-0.1, -0.05) is 32.1 Å². The summed E-state index contributed by atoms with van der Waals surface area (Å²) in [6.07, 6.45) is 8.44. The van der Waals surface area contributed by atoms with Gasteiger partial charge in [0.1, 0.15) is 10.6 Å². The van der Waals surface area contributed by atoms with Gasteiger partial charge in [-0.3, -0.25) is 4.79 Å². The minimum Gasteiger partial charge on any atom is -0.495 e. The SMILES string of the molecule is COc1ccsc1C(=O)CCC1CCCCC1. The maximum absolute atomic E-state index is 12.1. The average molecular weight is 252 g/mol. The lowest BCUT2D eigenvalue weighted by atomic mass is 9.85. The molecule has 0 aromatic carbocycles. The highest BCUT2D eigenvalue weighted by Gasteiger charge is 2.18. The molecule has 94 valence electrons. The molecule has 1 fully saturated rings. The molecule has 0 unspecified atom stereocenters. The van der Waals surface area contributed by atoms with Gasteiger partial charge in [-0.15, -0.1) is 11.3 Å². The summed E-state index contributed by atoms with van der Waals surface area (Å²) in [6, 6.07) is 1.87. The largest absolute Gasteiger partial charge is 0.495 e. The summed E-state index contributed by atoms with van der Waals surface area (Å²) in [5.41, 5.74) is 0. The van der Waals surface area contributed by atoms with Crippen molar-refractivity contribution in [3.05, 3.63) is 16.3 Å². The summed E-state index contributed by atoms with van der Waals surface area (Å²) < 4.78 is 5.19. The number of ether oxygens (including phenoxy) is 1. The van der Waals surface area contributed by atoms with E-state index < -0.39 is 0 Å². The predicted octanol–water partition coefficient (Wildman–Crippen LogP) is 4.30. The third-order valence-electron chi connectivity index (χ3n) is 3.61. The maximum atomic E-state index is 12.1. The van der Waals surface area contributed by atoms with Crippen LogP contribution in [0.1, 0.15) is 54.6 Å². The highest BCUT2D eigenvalue weighted by atomic mass is 32.1. The Hall–Kier alpha value is -0.830. The van der Waals surface area contributed by atoms with E-state index in [4.69, 9.17) is 4.74 Å². The number of thiophene rings is 1. The molecule has 17 heavy (non-hydrogen) atoms. The van der Waals surface area contributed by atoms with Gasteiger partial charge in [-0.25, -0.2) is 0 Å². The molecule has 1 aromatic heterocycles. The molecule has 0 N–H and O–H groups in total. The second-order valence-corrected chi connectivity index (χ2v) is 5.70. The van der Waals surface area contributed by atoms with E-state index in [0.717, 1.165) is 23.0 Å². The molecule has 0 bridgehead atoms. The fourth-order valence-electron chi connectivity index (χ4n) is 2.59. The van der Waals surface area contributed by atoms with Gasteiger partial charge < -0.3 is 4.74 Å². The van der Waals surface area contributed by atoms with Gasteiger partial charge in [0.05, 0.1) is 7.11 Å². The van der Waals surface area contributed by atoms with Crippen molar-refractivity contribution >= 4 is 17.1 Å². The van der Waals surface area contributed by atoms with Crippen LogP contribution in [0.15, 0.2) is 11.4 Å². The lowest BCUT2D eigenvalue weighted by Crippen LogP contribution is -2.09. The number of methoxy groups -OCH3 is 1. The fraction of sp³-hybridized carbons (Fsp3) is 0.643. The van der Waals surface area contributed by atoms with Gasteiger partial charge in [-0.05, 0) is 23.8 Å². The first-order valence-electron chi connectivity index (χ1n) is 6.46. The van der Waals surface area contributed by atoms with Crippen LogP contribution in [0.3, 0.4) is 0 Å². The summed E-state index contributed by atoms with van der Waals surface area (Å²) in [4.78, 5) is 12.9. The van der Waals surface area contributed by atoms with Crippen molar-refractivity contribution < 1.29 is 9.53 Å². The summed E-state index contributed by atoms with van der Waals surface area (Å²) >= 11 is 1.49. The Morgan fingerprint density at radius 1 is 1.41 bits per heavy atom. The number of hydrogen-bond donors (Lipinski definition) is 0. The Labute approximate surface area is 107 Å². The molecule has 0 atom stereocenters. The highest BCUT2D eigenvalue weighted by Crippen LogP contribution is 2.30. The van der Waals surface area contributed by atoms with Crippen LogP contribution in [-0.2, 0) is 0 Å². The van der Waals surface area contributed by atoms with Crippen molar-refractivity contribution in [1.29, 1.82) is 0 Å². The van der Waals surface area contributed by atoms with Crippen LogP contribution >= 0.6 is 11.3 Å². The Morgan fingerprint density at radius 3 is 2.88 bits per heavy atom. The van der Waals surface area contributed by atoms with Crippen molar-refractivity contribution in [2.45, 2.75) is 44.9 Å². The molecule has 3 heteroatoms. The molecule has 1 heterocycles. The van der Waals surface area contributed by atoms with Crippen LogP contribution in [0.2, 0.25) is 0 Å². The lowest BCUT2D eigenvalue weighted by molar-refractivity contribution is 0.0971. The molecule has 0 aliphatic heterocycles. The molecule has 0 radical (unpaired) electrons. The van der Waals surface area contributed by atoms with Crippen LogP contribution in [0, 0.1) is 5.92 Å². The maximum Gasteiger partial charge on any atom is 0.176 e. The second kappa shape index (κ2) is 6.20. The fourth-order valence-corrected chi connectivity index (χ4v) is 3.41. The molecule has 0 amide bonds. The molecule has 1 aliphatic carbocycles. The third-order valence-corrected chi connectivity index (χ3v) is 4.54. The molecule has 1 aliphatic rings. The van der Waals surface area contributed by atoms with E-state index in [1.54, 1.807) is 7.11 Å². The van der Waals surface area contributed by atoms with E-state index in [2.05, 4.69) is 0 Å². The van der Waals surface area contributed by atoms with E-state index in [0.29, 0.717) is 6.42 Å². The Balaban J connectivity index is 1.84. The normalized spacial score (nSPS) is 17.0. The monoisotopic (exact) mass is 252 g/mol. The number of ketones is 1. The van der Waals surface area contributed by atoms with Crippen LogP contribution in [-0.4, -0.2) is 12.9 Å². The summed E-state index contributed by atoms with van der Waals surface area (Å²) in [7, 11) is 1.62. The van der Waals surface area contributed by atoms with E-state index in [-0.39, 0.29) is 5.78 Å². The van der Waals surface area contributed by atoms with Crippen LogP contribution < -0.4 is 4.74 Å². The number of carbonyl (C=O) groups is 1. The van der Waals surface area contributed by atoms with E-state index in [1.807, 2.05) is 11.4 Å². The zero-order valence-electron chi connectivity index (χ0n) is 10.4. The number of carbonyl (C=O) groups excluding carboxylic acids is 1. The van der Waals surface area contributed by atoms with Crippen molar-refractivity contribution in [3.8, 4) is 5.75 Å². The first kappa shape index (κ1) is 12.6. The third kappa shape index (κ3) is 3.32. The van der Waals surface area contributed by atoms with Gasteiger partial charge in [0.15, 0.2) is 5.78 Å². The van der Waals surface area contributed by atoms with Crippen LogP contribution in [0.25, 0.3) is 0 Å². The lowest BCUT2D eigenvalue weighted by Gasteiger charge is -2.20. The Kier molecular flexibility index (Phi) is 4.60. The molecule has 0 saturated heterocycles. The smallest absolute Gasteiger partial charge is 0.176 e. The number of rotatable bonds is 5. The topological polar surface area (TPSA) is 26.3 Å². The minimum atomic E-state index is 0.252. The molecular weight excluding hydrogens is 232 g/mol.